The molecular formula is C14H14FN3O. The highest BCUT2D eigenvalue weighted by Crippen LogP contribution is 2.16. The van der Waals surface area contributed by atoms with Gasteiger partial charge in [0.15, 0.2) is 0 Å². The summed E-state index contributed by atoms with van der Waals surface area (Å²) < 4.78 is 13.1. The van der Waals surface area contributed by atoms with E-state index in [1.165, 1.54) is 18.3 Å². The van der Waals surface area contributed by atoms with Crippen molar-refractivity contribution in [3.05, 3.63) is 41.8 Å². The van der Waals surface area contributed by atoms with Gasteiger partial charge in [0.1, 0.15) is 5.82 Å². The fraction of sp³-hybridized carbons (Fsp3) is 0.286. The molecule has 3 rings (SSSR count). The van der Waals surface area contributed by atoms with E-state index in [4.69, 9.17) is 0 Å². The number of piperazine rings is 1. The van der Waals surface area contributed by atoms with Crippen LogP contribution in [0.1, 0.15) is 10.4 Å². The number of halogens is 1. The molecule has 1 aliphatic heterocycles. The monoisotopic (exact) mass is 259 g/mol. The standard InChI is InChI=1S/C14H14FN3O/c15-12-2-1-10-7-11(9-17-13(10)8-12)14(19)18-5-3-16-4-6-18/h1-2,7-9,16H,3-6H2. The molecule has 1 amide bonds. The van der Waals surface area contributed by atoms with Crippen LogP contribution in [0.25, 0.3) is 10.9 Å². The van der Waals surface area contributed by atoms with Gasteiger partial charge in [-0.15, -0.1) is 0 Å². The number of benzene rings is 1. The summed E-state index contributed by atoms with van der Waals surface area (Å²) in [5.41, 5.74) is 1.12. The lowest BCUT2D eigenvalue weighted by atomic mass is 10.1. The maximum Gasteiger partial charge on any atom is 0.255 e. The van der Waals surface area contributed by atoms with Gasteiger partial charge in [-0.3, -0.25) is 9.78 Å². The van der Waals surface area contributed by atoms with Gasteiger partial charge in [0, 0.05) is 43.8 Å². The van der Waals surface area contributed by atoms with Crippen LogP contribution < -0.4 is 5.32 Å². The summed E-state index contributed by atoms with van der Waals surface area (Å²) in [6, 6.07) is 6.16. The number of carbonyl (C=O) groups excluding carboxylic acids is 1. The van der Waals surface area contributed by atoms with Crippen LogP contribution in [0.4, 0.5) is 4.39 Å². The van der Waals surface area contributed by atoms with E-state index < -0.39 is 0 Å². The predicted octanol–water partition coefficient (Wildman–Crippen LogP) is 1.42. The second kappa shape index (κ2) is 4.93. The van der Waals surface area contributed by atoms with Crippen LogP contribution in [0.15, 0.2) is 30.5 Å². The Kier molecular flexibility index (Phi) is 3.13. The van der Waals surface area contributed by atoms with Crippen LogP contribution in [0.5, 0.6) is 0 Å². The number of carbonyl (C=O) groups is 1. The molecule has 1 saturated heterocycles. The Hall–Kier alpha value is -2.01. The minimum Gasteiger partial charge on any atom is -0.336 e. The first-order chi connectivity index (χ1) is 9.24. The van der Waals surface area contributed by atoms with E-state index in [0.29, 0.717) is 24.2 Å². The summed E-state index contributed by atoms with van der Waals surface area (Å²) in [5.74, 6) is -0.332. The lowest BCUT2D eigenvalue weighted by Gasteiger charge is -2.27. The van der Waals surface area contributed by atoms with Gasteiger partial charge in [-0.2, -0.15) is 0 Å². The van der Waals surface area contributed by atoms with Gasteiger partial charge in [-0.25, -0.2) is 4.39 Å². The maximum atomic E-state index is 13.1. The maximum absolute atomic E-state index is 13.1. The summed E-state index contributed by atoms with van der Waals surface area (Å²) in [4.78, 5) is 18.3. The zero-order chi connectivity index (χ0) is 13.2. The van der Waals surface area contributed by atoms with Crippen molar-refractivity contribution >= 4 is 16.8 Å². The minimum atomic E-state index is -0.318. The van der Waals surface area contributed by atoms with Crippen molar-refractivity contribution < 1.29 is 9.18 Å². The topological polar surface area (TPSA) is 45.2 Å². The molecule has 1 aromatic carbocycles. The number of aromatic nitrogens is 1. The lowest BCUT2D eigenvalue weighted by molar-refractivity contribution is 0.0735. The van der Waals surface area contributed by atoms with Crippen LogP contribution in [-0.2, 0) is 0 Å². The Bertz CT molecular complexity index is 623. The molecule has 0 aliphatic carbocycles. The Labute approximate surface area is 110 Å². The summed E-state index contributed by atoms with van der Waals surface area (Å²) in [7, 11) is 0. The van der Waals surface area contributed by atoms with Crippen LogP contribution in [0.2, 0.25) is 0 Å². The van der Waals surface area contributed by atoms with E-state index in [-0.39, 0.29) is 11.7 Å². The van der Waals surface area contributed by atoms with Gasteiger partial charge >= 0.3 is 0 Å². The van der Waals surface area contributed by atoms with Crippen molar-refractivity contribution in [2.45, 2.75) is 0 Å². The highest BCUT2D eigenvalue weighted by molar-refractivity contribution is 5.97. The van der Waals surface area contributed by atoms with Crippen molar-refractivity contribution in [2.24, 2.45) is 0 Å². The van der Waals surface area contributed by atoms with Crippen LogP contribution in [0.3, 0.4) is 0 Å². The second-order valence-corrected chi connectivity index (χ2v) is 4.60. The van der Waals surface area contributed by atoms with Crippen molar-refractivity contribution in [1.29, 1.82) is 0 Å². The molecule has 0 spiro atoms. The van der Waals surface area contributed by atoms with Crippen LogP contribution >= 0.6 is 0 Å². The first-order valence-electron chi connectivity index (χ1n) is 6.29. The molecule has 0 radical (unpaired) electrons. The Balaban J connectivity index is 1.92. The molecule has 1 fully saturated rings. The molecule has 0 atom stereocenters. The number of hydrogen-bond acceptors (Lipinski definition) is 3. The molecule has 0 unspecified atom stereocenters. The number of pyridine rings is 1. The largest absolute Gasteiger partial charge is 0.336 e. The van der Waals surface area contributed by atoms with Gasteiger partial charge in [0.25, 0.3) is 5.91 Å². The quantitative estimate of drug-likeness (QED) is 0.842. The van der Waals surface area contributed by atoms with Crippen LogP contribution in [0, 0.1) is 5.82 Å². The molecule has 19 heavy (non-hydrogen) atoms. The summed E-state index contributed by atoms with van der Waals surface area (Å²) in [6.07, 6.45) is 1.52. The highest BCUT2D eigenvalue weighted by atomic mass is 19.1. The zero-order valence-corrected chi connectivity index (χ0v) is 10.4. The molecule has 5 heteroatoms. The van der Waals surface area contributed by atoms with Gasteiger partial charge in [-0.1, -0.05) is 0 Å². The Morgan fingerprint density at radius 3 is 2.84 bits per heavy atom. The molecular weight excluding hydrogens is 245 g/mol. The first kappa shape index (κ1) is 12.0. The third-order valence-corrected chi connectivity index (χ3v) is 3.30. The number of fused-ring (bicyclic) bond motifs is 1. The average molecular weight is 259 g/mol. The predicted molar refractivity (Wildman–Crippen MR) is 70.5 cm³/mol. The Morgan fingerprint density at radius 2 is 2.05 bits per heavy atom. The molecule has 0 bridgehead atoms. The number of amides is 1. The first-order valence-corrected chi connectivity index (χ1v) is 6.29. The average Bonchev–Trinajstić information content (AvgIpc) is 2.47. The Morgan fingerprint density at radius 1 is 1.26 bits per heavy atom. The fourth-order valence-corrected chi connectivity index (χ4v) is 2.26. The summed E-state index contributed by atoms with van der Waals surface area (Å²) >= 11 is 0. The molecule has 2 aromatic rings. The van der Waals surface area contributed by atoms with Crippen LogP contribution in [-0.4, -0.2) is 42.0 Å². The molecule has 98 valence electrons. The van der Waals surface area contributed by atoms with Gasteiger partial charge < -0.3 is 10.2 Å². The van der Waals surface area contributed by atoms with E-state index in [1.807, 2.05) is 4.90 Å². The summed E-state index contributed by atoms with van der Waals surface area (Å²) in [6.45, 7) is 3.05. The number of hydrogen-bond donors (Lipinski definition) is 1. The highest BCUT2D eigenvalue weighted by Gasteiger charge is 2.18. The van der Waals surface area contributed by atoms with Crippen molar-refractivity contribution in [1.82, 2.24) is 15.2 Å². The third kappa shape index (κ3) is 2.42. The van der Waals surface area contributed by atoms with E-state index in [0.717, 1.165) is 18.5 Å². The van der Waals surface area contributed by atoms with E-state index in [9.17, 15) is 9.18 Å². The lowest BCUT2D eigenvalue weighted by Crippen LogP contribution is -2.46. The molecule has 2 heterocycles. The van der Waals surface area contributed by atoms with Crippen molar-refractivity contribution in [3.63, 3.8) is 0 Å². The third-order valence-electron chi connectivity index (χ3n) is 3.30. The van der Waals surface area contributed by atoms with Crippen molar-refractivity contribution in [3.8, 4) is 0 Å². The van der Waals surface area contributed by atoms with E-state index >= 15 is 0 Å². The molecule has 4 nitrogen and oxygen atoms in total. The van der Waals surface area contributed by atoms with Crippen molar-refractivity contribution in [2.75, 3.05) is 26.2 Å². The van der Waals surface area contributed by atoms with Gasteiger partial charge in [0.05, 0.1) is 11.1 Å². The SMILES string of the molecule is O=C(c1cnc2cc(F)ccc2c1)N1CCNCC1. The normalized spacial score (nSPS) is 15.7. The second-order valence-electron chi connectivity index (χ2n) is 4.60. The number of nitrogens with one attached hydrogen (secondary N) is 1. The van der Waals surface area contributed by atoms with E-state index in [1.54, 1.807) is 12.1 Å². The van der Waals surface area contributed by atoms with Gasteiger partial charge in [0.2, 0.25) is 0 Å². The molecule has 1 aromatic heterocycles. The molecule has 1 N–H and O–H groups in total. The number of nitrogens with zero attached hydrogens (tertiary/aromatic N) is 2. The molecule has 0 saturated carbocycles. The fourth-order valence-electron chi connectivity index (χ4n) is 2.26. The number of rotatable bonds is 1. The van der Waals surface area contributed by atoms with E-state index in [2.05, 4.69) is 10.3 Å². The zero-order valence-electron chi connectivity index (χ0n) is 10.4. The minimum absolute atomic E-state index is 0.0137. The summed E-state index contributed by atoms with van der Waals surface area (Å²) in [5, 5.41) is 3.99. The molecule has 1 aliphatic rings. The van der Waals surface area contributed by atoms with Gasteiger partial charge in [-0.05, 0) is 18.2 Å². The smallest absolute Gasteiger partial charge is 0.255 e.